The second kappa shape index (κ2) is 4.32. The molecule has 0 bridgehead atoms. The summed E-state index contributed by atoms with van der Waals surface area (Å²) in [6.07, 6.45) is 1.78. The number of carboxylic acids is 1. The zero-order valence-electron chi connectivity index (χ0n) is 7.99. The molecule has 6 heteroatoms. The molecule has 0 amide bonds. The van der Waals surface area contributed by atoms with E-state index in [1.807, 2.05) is 0 Å². The molecule has 2 N–H and O–H groups in total. The molecular weight excluding hydrogens is 264 g/mol. The number of aromatic nitrogens is 2. The first-order valence-corrected chi connectivity index (χ1v) is 5.54. The van der Waals surface area contributed by atoms with Gasteiger partial charge in [0.05, 0.1) is 0 Å². The van der Waals surface area contributed by atoms with Crippen LogP contribution in [0, 0.1) is 0 Å². The van der Waals surface area contributed by atoms with E-state index in [1.165, 1.54) is 0 Å². The Morgan fingerprint density at radius 3 is 2.73 bits per heavy atom. The van der Waals surface area contributed by atoms with Crippen LogP contribution in [-0.4, -0.2) is 34.3 Å². The lowest BCUT2D eigenvalue weighted by Crippen LogP contribution is -2.15. The van der Waals surface area contributed by atoms with Gasteiger partial charge in [-0.25, -0.2) is 9.78 Å². The average molecular weight is 275 g/mol. The fourth-order valence-corrected chi connectivity index (χ4v) is 2.14. The van der Waals surface area contributed by atoms with Crippen molar-refractivity contribution in [3.63, 3.8) is 0 Å². The van der Waals surface area contributed by atoms with Crippen molar-refractivity contribution in [2.24, 2.45) is 0 Å². The highest BCUT2D eigenvalue weighted by Crippen LogP contribution is 2.27. The van der Waals surface area contributed by atoms with Crippen LogP contribution in [0.1, 0.15) is 35.1 Å². The van der Waals surface area contributed by atoms with E-state index in [2.05, 4.69) is 25.9 Å². The number of hydrogen-bond acceptors (Lipinski definition) is 3. The number of carbonyl (C=O) groups is 1. The predicted octanol–water partition coefficient (Wildman–Crippen LogP) is 1.76. The third-order valence-electron chi connectivity index (χ3n) is 2.49. The van der Waals surface area contributed by atoms with Crippen molar-refractivity contribution < 1.29 is 14.6 Å². The maximum atomic E-state index is 10.8. The van der Waals surface area contributed by atoms with Crippen molar-refractivity contribution >= 4 is 21.9 Å². The molecule has 82 valence electrons. The van der Waals surface area contributed by atoms with Crippen molar-refractivity contribution in [3.05, 3.63) is 16.1 Å². The van der Waals surface area contributed by atoms with Gasteiger partial charge in [0.15, 0.2) is 5.69 Å². The highest BCUT2D eigenvalue weighted by Gasteiger charge is 2.22. The lowest BCUT2D eigenvalue weighted by Gasteiger charge is -2.19. The first-order chi connectivity index (χ1) is 7.18. The third kappa shape index (κ3) is 2.21. The van der Waals surface area contributed by atoms with Crippen LogP contribution >= 0.6 is 15.9 Å². The number of aromatic carboxylic acids is 1. The predicted molar refractivity (Wildman–Crippen MR) is 56.0 cm³/mol. The summed E-state index contributed by atoms with van der Waals surface area (Å²) in [5, 5.41) is 8.84. The highest BCUT2D eigenvalue weighted by molar-refractivity contribution is 9.10. The largest absolute Gasteiger partial charge is 0.476 e. The Balaban J connectivity index is 2.21. The first kappa shape index (κ1) is 10.6. The van der Waals surface area contributed by atoms with Crippen LogP contribution in [0.15, 0.2) is 4.60 Å². The van der Waals surface area contributed by atoms with Gasteiger partial charge in [-0.15, -0.1) is 0 Å². The van der Waals surface area contributed by atoms with Gasteiger partial charge in [-0.1, -0.05) is 0 Å². The van der Waals surface area contributed by atoms with Gasteiger partial charge in [0, 0.05) is 19.1 Å². The maximum absolute atomic E-state index is 10.8. The molecule has 1 aliphatic heterocycles. The first-order valence-electron chi connectivity index (χ1n) is 4.75. The molecule has 1 aromatic heterocycles. The summed E-state index contributed by atoms with van der Waals surface area (Å²) in [7, 11) is 0. The Bertz CT molecular complexity index is 371. The Labute approximate surface area is 95.0 Å². The molecule has 1 saturated heterocycles. The molecule has 0 spiro atoms. The summed E-state index contributed by atoms with van der Waals surface area (Å²) in [4.78, 5) is 17.8. The number of aromatic amines is 1. The number of hydrogen-bond donors (Lipinski definition) is 2. The average Bonchev–Trinajstić information content (AvgIpc) is 2.62. The van der Waals surface area contributed by atoms with Gasteiger partial charge in [-0.05, 0) is 28.8 Å². The number of imidazole rings is 1. The molecule has 5 nitrogen and oxygen atoms in total. The quantitative estimate of drug-likeness (QED) is 0.862. The smallest absolute Gasteiger partial charge is 0.357 e. The number of carboxylic acid groups (broad SMARTS) is 1. The molecule has 0 saturated carbocycles. The van der Waals surface area contributed by atoms with Crippen LogP contribution in [0.4, 0.5) is 0 Å². The lowest BCUT2D eigenvalue weighted by molar-refractivity contribution is 0.0689. The van der Waals surface area contributed by atoms with E-state index in [4.69, 9.17) is 9.84 Å². The van der Waals surface area contributed by atoms with Crippen molar-refractivity contribution in [1.29, 1.82) is 0 Å². The standard InChI is InChI=1S/C9H11BrN2O3/c10-7-6(9(13)14)11-8(12-7)5-1-3-15-4-2-5/h5H,1-4H2,(H,11,12)(H,13,14). The van der Waals surface area contributed by atoms with E-state index in [1.54, 1.807) is 0 Å². The van der Waals surface area contributed by atoms with Crippen LogP contribution in [0.3, 0.4) is 0 Å². The molecule has 1 fully saturated rings. The monoisotopic (exact) mass is 274 g/mol. The fraction of sp³-hybridized carbons (Fsp3) is 0.556. The third-order valence-corrected chi connectivity index (χ3v) is 3.06. The molecule has 2 rings (SSSR count). The minimum atomic E-state index is -1.02. The summed E-state index contributed by atoms with van der Waals surface area (Å²) in [6.45, 7) is 1.43. The van der Waals surface area contributed by atoms with E-state index >= 15 is 0 Å². The number of H-pyrrole nitrogens is 1. The van der Waals surface area contributed by atoms with Crippen molar-refractivity contribution in [2.45, 2.75) is 18.8 Å². The number of rotatable bonds is 2. The van der Waals surface area contributed by atoms with Gasteiger partial charge in [-0.2, -0.15) is 0 Å². The summed E-state index contributed by atoms with van der Waals surface area (Å²) >= 11 is 3.15. The molecule has 0 atom stereocenters. The molecule has 0 aromatic carbocycles. The second-order valence-electron chi connectivity index (χ2n) is 3.48. The normalized spacial score (nSPS) is 17.9. The number of nitrogens with zero attached hydrogens (tertiary/aromatic N) is 1. The van der Waals surface area contributed by atoms with Crippen LogP contribution < -0.4 is 0 Å². The van der Waals surface area contributed by atoms with E-state index in [0.717, 1.165) is 18.7 Å². The molecule has 2 heterocycles. The van der Waals surface area contributed by atoms with Crippen LogP contribution in [0.2, 0.25) is 0 Å². The minimum absolute atomic E-state index is 0.0523. The Morgan fingerprint density at radius 2 is 2.20 bits per heavy atom. The number of ether oxygens (including phenoxy) is 1. The van der Waals surface area contributed by atoms with Gasteiger partial charge < -0.3 is 14.8 Å². The molecule has 0 radical (unpaired) electrons. The highest BCUT2D eigenvalue weighted by atomic mass is 79.9. The van der Waals surface area contributed by atoms with Crippen LogP contribution in [0.25, 0.3) is 0 Å². The van der Waals surface area contributed by atoms with E-state index in [-0.39, 0.29) is 11.6 Å². The Hall–Kier alpha value is -0.880. The van der Waals surface area contributed by atoms with Crippen molar-refractivity contribution in [2.75, 3.05) is 13.2 Å². The minimum Gasteiger partial charge on any atom is -0.476 e. The molecule has 1 aliphatic rings. The van der Waals surface area contributed by atoms with E-state index in [0.29, 0.717) is 17.8 Å². The number of halogens is 1. The lowest BCUT2D eigenvalue weighted by atomic mass is 10.00. The van der Waals surface area contributed by atoms with Crippen molar-refractivity contribution in [3.8, 4) is 0 Å². The van der Waals surface area contributed by atoms with Crippen LogP contribution in [0.5, 0.6) is 0 Å². The Kier molecular flexibility index (Phi) is 3.06. The Morgan fingerprint density at radius 1 is 1.53 bits per heavy atom. The number of nitrogens with one attached hydrogen (secondary N) is 1. The summed E-state index contributed by atoms with van der Waals surface area (Å²) < 4.78 is 5.68. The van der Waals surface area contributed by atoms with Gasteiger partial charge in [0.2, 0.25) is 0 Å². The topological polar surface area (TPSA) is 75.2 Å². The molecule has 1 aromatic rings. The molecule has 0 aliphatic carbocycles. The van der Waals surface area contributed by atoms with E-state index in [9.17, 15) is 4.79 Å². The molecular formula is C9H11BrN2O3. The maximum Gasteiger partial charge on any atom is 0.357 e. The fourth-order valence-electron chi connectivity index (χ4n) is 1.68. The van der Waals surface area contributed by atoms with Gasteiger partial charge >= 0.3 is 5.97 Å². The van der Waals surface area contributed by atoms with Crippen molar-refractivity contribution in [1.82, 2.24) is 9.97 Å². The molecule has 0 unspecified atom stereocenters. The van der Waals surface area contributed by atoms with Crippen LogP contribution in [-0.2, 0) is 4.74 Å². The van der Waals surface area contributed by atoms with Gasteiger partial charge in [-0.3, -0.25) is 0 Å². The molecule has 15 heavy (non-hydrogen) atoms. The SMILES string of the molecule is O=C(O)c1nc(C2CCOCC2)[nH]c1Br. The van der Waals surface area contributed by atoms with E-state index < -0.39 is 5.97 Å². The summed E-state index contributed by atoms with van der Waals surface area (Å²) in [5.41, 5.74) is 0.0523. The summed E-state index contributed by atoms with van der Waals surface area (Å²) in [5.74, 6) is 0.00200. The zero-order valence-corrected chi connectivity index (χ0v) is 9.58. The van der Waals surface area contributed by atoms with Gasteiger partial charge in [0.1, 0.15) is 10.4 Å². The second-order valence-corrected chi connectivity index (χ2v) is 4.27. The summed E-state index contributed by atoms with van der Waals surface area (Å²) in [6, 6.07) is 0. The zero-order chi connectivity index (χ0) is 10.8. The van der Waals surface area contributed by atoms with Gasteiger partial charge in [0.25, 0.3) is 0 Å².